The molecule has 1 aromatic rings. The van der Waals surface area contributed by atoms with Crippen molar-refractivity contribution >= 4 is 12.0 Å². The first kappa shape index (κ1) is 19.3. The van der Waals surface area contributed by atoms with Crippen LogP contribution in [0.15, 0.2) is 24.3 Å². The Kier molecular flexibility index (Phi) is 7.31. The number of likely N-dealkylation sites (tertiary alicyclic amines) is 1. The molecule has 0 bridgehead atoms. The molecule has 1 aliphatic rings. The highest BCUT2D eigenvalue weighted by Crippen LogP contribution is 2.29. The van der Waals surface area contributed by atoms with Gasteiger partial charge >= 0.3 is 0 Å². The summed E-state index contributed by atoms with van der Waals surface area (Å²) in [6.45, 7) is 7.13. The monoisotopic (exact) mass is 346 g/mol. The van der Waals surface area contributed by atoms with E-state index in [1.807, 2.05) is 29.2 Å². The smallest absolute Gasteiger partial charge is 0.246 e. The van der Waals surface area contributed by atoms with E-state index >= 15 is 0 Å². The van der Waals surface area contributed by atoms with Crippen LogP contribution in [0.1, 0.15) is 32.3 Å². The number of hydrogen-bond acceptors (Lipinski definition) is 4. The minimum absolute atomic E-state index is 0.0505. The summed E-state index contributed by atoms with van der Waals surface area (Å²) in [7, 11) is 1.62. The maximum absolute atomic E-state index is 12.3. The second-order valence-electron chi connectivity index (χ2n) is 6.95. The van der Waals surface area contributed by atoms with Crippen molar-refractivity contribution < 1.29 is 14.3 Å². The number of benzene rings is 1. The van der Waals surface area contributed by atoms with Crippen LogP contribution in [0.25, 0.3) is 6.08 Å². The lowest BCUT2D eigenvalue weighted by Crippen LogP contribution is -2.39. The molecular formula is C20H30N2O3. The van der Waals surface area contributed by atoms with E-state index in [4.69, 9.17) is 15.2 Å². The Balaban J connectivity index is 1.97. The van der Waals surface area contributed by atoms with Crippen LogP contribution in [0.3, 0.4) is 0 Å². The fourth-order valence-electron chi connectivity index (χ4n) is 2.83. The maximum atomic E-state index is 12.3. The van der Waals surface area contributed by atoms with Crippen LogP contribution in [0, 0.1) is 11.8 Å². The van der Waals surface area contributed by atoms with E-state index in [2.05, 4.69) is 13.8 Å². The number of nitrogens with zero attached hydrogens (tertiary/aromatic N) is 1. The molecule has 0 aromatic heterocycles. The van der Waals surface area contributed by atoms with E-state index in [-0.39, 0.29) is 5.91 Å². The highest BCUT2D eigenvalue weighted by atomic mass is 16.5. The molecule has 1 fully saturated rings. The van der Waals surface area contributed by atoms with Crippen molar-refractivity contribution in [2.75, 3.05) is 33.4 Å². The molecule has 138 valence electrons. The average molecular weight is 346 g/mol. The van der Waals surface area contributed by atoms with E-state index in [0.29, 0.717) is 30.7 Å². The Morgan fingerprint density at radius 1 is 1.32 bits per heavy atom. The predicted molar refractivity (Wildman–Crippen MR) is 101 cm³/mol. The molecule has 1 aromatic carbocycles. The first-order valence-electron chi connectivity index (χ1n) is 9.01. The van der Waals surface area contributed by atoms with Crippen LogP contribution in [0.2, 0.25) is 0 Å². The number of ether oxygens (including phenoxy) is 2. The molecule has 1 amide bonds. The van der Waals surface area contributed by atoms with Gasteiger partial charge in [0.25, 0.3) is 0 Å². The Morgan fingerprint density at radius 2 is 2.04 bits per heavy atom. The normalized spacial score (nSPS) is 15.8. The minimum atomic E-state index is 0.0505. The second-order valence-corrected chi connectivity index (χ2v) is 6.95. The standard InChI is InChI=1S/C20H30N2O3/c1-15(2)14-25-18-6-4-16(12-19(18)24-3)5-7-20(23)22-10-8-17(13-21)9-11-22/h4-7,12,15,17H,8-11,13-14,21H2,1-3H3/b7-5+. The van der Waals surface area contributed by atoms with E-state index in [9.17, 15) is 4.79 Å². The molecule has 5 heteroatoms. The van der Waals surface area contributed by atoms with Crippen LogP contribution in [0.5, 0.6) is 11.5 Å². The van der Waals surface area contributed by atoms with Gasteiger partial charge in [-0.3, -0.25) is 4.79 Å². The Hall–Kier alpha value is -2.01. The number of hydrogen-bond donors (Lipinski definition) is 1. The van der Waals surface area contributed by atoms with Gasteiger partial charge in [0.2, 0.25) is 5.91 Å². The lowest BCUT2D eigenvalue weighted by atomic mass is 9.97. The van der Waals surface area contributed by atoms with Crippen LogP contribution in [0.4, 0.5) is 0 Å². The summed E-state index contributed by atoms with van der Waals surface area (Å²) in [5.41, 5.74) is 6.61. The third-order valence-corrected chi connectivity index (χ3v) is 4.44. The van der Waals surface area contributed by atoms with Crippen molar-refractivity contribution in [3.63, 3.8) is 0 Å². The van der Waals surface area contributed by atoms with Gasteiger partial charge in [-0.25, -0.2) is 0 Å². The molecule has 1 saturated heterocycles. The number of piperidine rings is 1. The summed E-state index contributed by atoms with van der Waals surface area (Å²) in [4.78, 5) is 14.2. The number of nitrogens with two attached hydrogens (primary N) is 1. The predicted octanol–water partition coefficient (Wildman–Crippen LogP) is 2.94. The lowest BCUT2D eigenvalue weighted by Gasteiger charge is -2.30. The van der Waals surface area contributed by atoms with Crippen molar-refractivity contribution in [2.45, 2.75) is 26.7 Å². The quantitative estimate of drug-likeness (QED) is 0.771. The topological polar surface area (TPSA) is 64.8 Å². The average Bonchev–Trinajstić information content (AvgIpc) is 2.64. The molecule has 2 N–H and O–H groups in total. The largest absolute Gasteiger partial charge is 0.493 e. The molecule has 25 heavy (non-hydrogen) atoms. The van der Waals surface area contributed by atoms with Crippen molar-refractivity contribution in [1.29, 1.82) is 0 Å². The second kappa shape index (κ2) is 9.47. The molecular weight excluding hydrogens is 316 g/mol. The summed E-state index contributed by atoms with van der Waals surface area (Å²) >= 11 is 0. The third kappa shape index (κ3) is 5.78. The molecule has 0 radical (unpaired) electrons. The number of carbonyl (C=O) groups excluding carboxylic acids is 1. The highest BCUT2D eigenvalue weighted by Gasteiger charge is 2.20. The van der Waals surface area contributed by atoms with Gasteiger partial charge in [-0.15, -0.1) is 0 Å². The van der Waals surface area contributed by atoms with Crippen molar-refractivity contribution in [3.8, 4) is 11.5 Å². The van der Waals surface area contributed by atoms with Crippen LogP contribution >= 0.6 is 0 Å². The summed E-state index contributed by atoms with van der Waals surface area (Å²) in [6.07, 6.45) is 5.44. The fourth-order valence-corrected chi connectivity index (χ4v) is 2.83. The van der Waals surface area contributed by atoms with Gasteiger partial charge in [-0.1, -0.05) is 19.9 Å². The Bertz CT molecular complexity index is 591. The number of carbonyl (C=O) groups is 1. The molecule has 1 heterocycles. The summed E-state index contributed by atoms with van der Waals surface area (Å²) < 4.78 is 11.2. The number of methoxy groups -OCH3 is 1. The first-order valence-corrected chi connectivity index (χ1v) is 9.01. The molecule has 0 unspecified atom stereocenters. The van der Waals surface area contributed by atoms with Gasteiger partial charge in [0.15, 0.2) is 11.5 Å². The van der Waals surface area contributed by atoms with Gasteiger partial charge in [-0.2, -0.15) is 0 Å². The van der Waals surface area contributed by atoms with Gasteiger partial charge in [0.05, 0.1) is 13.7 Å². The van der Waals surface area contributed by atoms with E-state index < -0.39 is 0 Å². The van der Waals surface area contributed by atoms with E-state index in [1.165, 1.54) is 0 Å². The Labute approximate surface area is 150 Å². The van der Waals surface area contributed by atoms with Crippen LogP contribution in [-0.2, 0) is 4.79 Å². The SMILES string of the molecule is COc1cc(/C=C/C(=O)N2CCC(CN)CC2)ccc1OCC(C)C. The van der Waals surface area contributed by atoms with E-state index in [0.717, 1.165) is 37.2 Å². The van der Waals surface area contributed by atoms with Gasteiger partial charge in [0.1, 0.15) is 0 Å². The Morgan fingerprint density at radius 3 is 2.64 bits per heavy atom. The first-order chi connectivity index (χ1) is 12.0. The van der Waals surface area contributed by atoms with Crippen LogP contribution < -0.4 is 15.2 Å². The van der Waals surface area contributed by atoms with Gasteiger partial charge in [-0.05, 0) is 55.0 Å². The maximum Gasteiger partial charge on any atom is 0.246 e. The zero-order valence-corrected chi connectivity index (χ0v) is 15.5. The van der Waals surface area contributed by atoms with E-state index in [1.54, 1.807) is 13.2 Å². The minimum Gasteiger partial charge on any atom is -0.493 e. The number of rotatable bonds is 7. The fraction of sp³-hybridized carbons (Fsp3) is 0.550. The van der Waals surface area contributed by atoms with Crippen molar-refractivity contribution in [2.24, 2.45) is 17.6 Å². The molecule has 0 saturated carbocycles. The molecule has 0 spiro atoms. The van der Waals surface area contributed by atoms with Gasteiger partial charge in [0, 0.05) is 19.2 Å². The summed E-state index contributed by atoms with van der Waals surface area (Å²) in [6, 6.07) is 5.71. The number of amides is 1. The lowest BCUT2D eigenvalue weighted by molar-refractivity contribution is -0.127. The van der Waals surface area contributed by atoms with Crippen molar-refractivity contribution in [1.82, 2.24) is 4.90 Å². The summed E-state index contributed by atoms with van der Waals surface area (Å²) in [5.74, 6) is 2.46. The van der Waals surface area contributed by atoms with Crippen LogP contribution in [-0.4, -0.2) is 44.2 Å². The molecule has 1 aliphatic heterocycles. The zero-order chi connectivity index (χ0) is 18.2. The zero-order valence-electron chi connectivity index (χ0n) is 15.5. The summed E-state index contributed by atoms with van der Waals surface area (Å²) in [5, 5.41) is 0. The van der Waals surface area contributed by atoms with Gasteiger partial charge < -0.3 is 20.1 Å². The molecule has 0 atom stereocenters. The molecule has 5 nitrogen and oxygen atoms in total. The molecule has 2 rings (SSSR count). The third-order valence-electron chi connectivity index (χ3n) is 4.44. The van der Waals surface area contributed by atoms with Crippen molar-refractivity contribution in [3.05, 3.63) is 29.8 Å². The highest BCUT2D eigenvalue weighted by molar-refractivity contribution is 5.91. The molecule has 0 aliphatic carbocycles.